The van der Waals surface area contributed by atoms with Crippen LogP contribution >= 0.6 is 11.6 Å². The minimum absolute atomic E-state index is 0.450. The van der Waals surface area contributed by atoms with Gasteiger partial charge in [-0.1, -0.05) is 17.7 Å². The van der Waals surface area contributed by atoms with Crippen LogP contribution in [0.25, 0.3) is 0 Å². The van der Waals surface area contributed by atoms with Gasteiger partial charge in [0.2, 0.25) is 0 Å². The molecule has 0 atom stereocenters. The van der Waals surface area contributed by atoms with Gasteiger partial charge < -0.3 is 19.5 Å². The Labute approximate surface area is 125 Å². The van der Waals surface area contributed by atoms with Gasteiger partial charge in [0.25, 0.3) is 0 Å². The van der Waals surface area contributed by atoms with E-state index in [4.69, 9.17) is 25.8 Å². The van der Waals surface area contributed by atoms with E-state index in [0.717, 1.165) is 30.0 Å². The summed E-state index contributed by atoms with van der Waals surface area (Å²) in [6, 6.07) is 5.89. The summed E-state index contributed by atoms with van der Waals surface area (Å²) in [4.78, 5) is 0. The molecule has 0 radical (unpaired) electrons. The molecular weight excluding hydrogens is 278 g/mol. The number of nitrogens with one attached hydrogen (secondary N) is 1. The average molecular weight is 300 g/mol. The van der Waals surface area contributed by atoms with Gasteiger partial charge in [-0.3, -0.25) is 0 Å². The molecule has 0 saturated carbocycles. The summed E-state index contributed by atoms with van der Waals surface area (Å²) in [6.07, 6.45) is 0. The van der Waals surface area contributed by atoms with Crippen molar-refractivity contribution in [1.29, 1.82) is 0 Å². The molecule has 112 valence electrons. The van der Waals surface area contributed by atoms with Gasteiger partial charge in [-0.25, -0.2) is 0 Å². The predicted octanol–water partition coefficient (Wildman–Crippen LogP) is 2.95. The second-order valence-corrected chi connectivity index (χ2v) is 4.62. The zero-order valence-electron chi connectivity index (χ0n) is 12.2. The van der Waals surface area contributed by atoms with E-state index >= 15 is 0 Å². The Bertz CT molecular complexity index is 435. The van der Waals surface area contributed by atoms with Crippen LogP contribution in [0.2, 0.25) is 0 Å². The Morgan fingerprint density at radius 2 is 2.10 bits per heavy atom. The van der Waals surface area contributed by atoms with Crippen LogP contribution in [-0.2, 0) is 11.3 Å². The summed E-state index contributed by atoms with van der Waals surface area (Å²) in [6.45, 7) is 4.64. The molecule has 0 aliphatic heterocycles. The highest BCUT2D eigenvalue weighted by Gasteiger charge is 2.06. The van der Waals surface area contributed by atoms with Gasteiger partial charge in [-0.05, 0) is 30.2 Å². The van der Waals surface area contributed by atoms with E-state index in [-0.39, 0.29) is 0 Å². The smallest absolute Gasteiger partial charge is 0.161 e. The number of ether oxygens (including phenoxy) is 3. The number of methoxy groups -OCH3 is 2. The highest BCUT2D eigenvalue weighted by molar-refractivity contribution is 6.25. The molecular formula is C15H22ClNO3. The van der Waals surface area contributed by atoms with Crippen LogP contribution in [0.4, 0.5) is 0 Å². The SMILES string of the molecule is COCCNCc1ccc(OC/C(C)=C/Cl)c(OC)c1. The molecule has 0 bridgehead atoms. The maximum Gasteiger partial charge on any atom is 0.161 e. The monoisotopic (exact) mass is 299 g/mol. The van der Waals surface area contributed by atoms with Gasteiger partial charge in [0.15, 0.2) is 11.5 Å². The molecule has 4 nitrogen and oxygen atoms in total. The summed E-state index contributed by atoms with van der Waals surface area (Å²) in [5.74, 6) is 1.43. The Morgan fingerprint density at radius 3 is 2.75 bits per heavy atom. The molecule has 1 aromatic rings. The van der Waals surface area contributed by atoms with E-state index in [1.807, 2.05) is 25.1 Å². The van der Waals surface area contributed by atoms with Gasteiger partial charge in [-0.2, -0.15) is 0 Å². The van der Waals surface area contributed by atoms with E-state index in [1.54, 1.807) is 14.2 Å². The first kappa shape index (κ1) is 16.8. The molecule has 0 fully saturated rings. The second kappa shape index (κ2) is 9.64. The van der Waals surface area contributed by atoms with Crippen LogP contribution in [-0.4, -0.2) is 34.0 Å². The van der Waals surface area contributed by atoms with Crippen molar-refractivity contribution in [3.63, 3.8) is 0 Å². The van der Waals surface area contributed by atoms with Crippen LogP contribution in [0.5, 0.6) is 11.5 Å². The molecule has 5 heteroatoms. The summed E-state index contributed by atoms with van der Waals surface area (Å²) in [5, 5.41) is 3.28. The van der Waals surface area contributed by atoms with Crippen molar-refractivity contribution < 1.29 is 14.2 Å². The Morgan fingerprint density at radius 1 is 1.30 bits per heavy atom. The molecule has 0 aliphatic carbocycles. The third-order valence-electron chi connectivity index (χ3n) is 2.68. The molecule has 0 unspecified atom stereocenters. The zero-order valence-corrected chi connectivity index (χ0v) is 13.0. The first-order valence-electron chi connectivity index (χ1n) is 6.46. The lowest BCUT2D eigenvalue weighted by atomic mass is 10.2. The fourth-order valence-corrected chi connectivity index (χ4v) is 1.63. The maximum atomic E-state index is 5.66. The number of hydrogen-bond acceptors (Lipinski definition) is 4. The van der Waals surface area contributed by atoms with Crippen molar-refractivity contribution in [1.82, 2.24) is 5.32 Å². The third kappa shape index (κ3) is 5.82. The van der Waals surface area contributed by atoms with E-state index in [9.17, 15) is 0 Å². The highest BCUT2D eigenvalue weighted by Crippen LogP contribution is 2.28. The van der Waals surface area contributed by atoms with Crippen molar-refractivity contribution in [2.45, 2.75) is 13.5 Å². The maximum absolute atomic E-state index is 5.66. The van der Waals surface area contributed by atoms with Crippen molar-refractivity contribution in [2.24, 2.45) is 0 Å². The van der Waals surface area contributed by atoms with Gasteiger partial charge in [0, 0.05) is 25.7 Å². The number of rotatable bonds is 9. The van der Waals surface area contributed by atoms with Crippen LogP contribution < -0.4 is 14.8 Å². The van der Waals surface area contributed by atoms with Crippen molar-refractivity contribution in [3.05, 3.63) is 34.9 Å². The number of halogens is 1. The van der Waals surface area contributed by atoms with Crippen LogP contribution in [0.15, 0.2) is 29.3 Å². The third-order valence-corrected chi connectivity index (χ3v) is 3.05. The average Bonchev–Trinajstić information content (AvgIpc) is 2.49. The van der Waals surface area contributed by atoms with Crippen LogP contribution in [0.3, 0.4) is 0 Å². The summed E-state index contributed by atoms with van der Waals surface area (Å²) < 4.78 is 16.0. The zero-order chi connectivity index (χ0) is 14.8. The fraction of sp³-hybridized carbons (Fsp3) is 0.467. The predicted molar refractivity (Wildman–Crippen MR) is 81.7 cm³/mol. The Hall–Kier alpha value is -1.23. The molecule has 20 heavy (non-hydrogen) atoms. The van der Waals surface area contributed by atoms with E-state index in [2.05, 4.69) is 5.32 Å². The molecule has 0 saturated heterocycles. The lowest BCUT2D eigenvalue weighted by Crippen LogP contribution is -2.18. The van der Waals surface area contributed by atoms with E-state index in [0.29, 0.717) is 19.0 Å². The van der Waals surface area contributed by atoms with Crippen LogP contribution in [0, 0.1) is 0 Å². The molecule has 1 N–H and O–H groups in total. The summed E-state index contributed by atoms with van der Waals surface area (Å²) in [7, 11) is 3.32. The second-order valence-electron chi connectivity index (χ2n) is 4.40. The molecule has 0 heterocycles. The molecule has 0 amide bonds. The standard InChI is InChI=1S/C15H22ClNO3/c1-12(9-16)11-20-14-5-4-13(8-15(14)19-3)10-17-6-7-18-2/h4-5,8-9,17H,6-7,10-11H2,1-3H3/b12-9+. The first-order chi connectivity index (χ1) is 9.71. The summed E-state index contributed by atoms with van der Waals surface area (Å²) in [5.41, 5.74) is 3.61. The Kier molecular flexibility index (Phi) is 8.11. The van der Waals surface area contributed by atoms with E-state index < -0.39 is 0 Å². The number of hydrogen-bond donors (Lipinski definition) is 1. The van der Waals surface area contributed by atoms with Crippen molar-refractivity contribution in [3.8, 4) is 11.5 Å². The largest absolute Gasteiger partial charge is 0.493 e. The highest BCUT2D eigenvalue weighted by atomic mass is 35.5. The molecule has 0 spiro atoms. The van der Waals surface area contributed by atoms with Gasteiger partial charge in [0.05, 0.1) is 13.7 Å². The normalized spacial score (nSPS) is 11.5. The molecule has 1 rings (SSSR count). The fourth-order valence-electron chi connectivity index (χ4n) is 1.57. The number of benzene rings is 1. The first-order valence-corrected chi connectivity index (χ1v) is 6.90. The molecule has 0 aliphatic rings. The van der Waals surface area contributed by atoms with Gasteiger partial charge >= 0.3 is 0 Å². The molecule has 0 aromatic heterocycles. The minimum Gasteiger partial charge on any atom is -0.493 e. The van der Waals surface area contributed by atoms with Gasteiger partial charge in [-0.15, -0.1) is 0 Å². The minimum atomic E-state index is 0.450. The topological polar surface area (TPSA) is 39.7 Å². The van der Waals surface area contributed by atoms with Gasteiger partial charge in [0.1, 0.15) is 6.61 Å². The molecule has 1 aromatic carbocycles. The van der Waals surface area contributed by atoms with E-state index in [1.165, 1.54) is 5.54 Å². The quantitative estimate of drug-likeness (QED) is 0.712. The Balaban J connectivity index is 2.60. The van der Waals surface area contributed by atoms with Crippen molar-refractivity contribution in [2.75, 3.05) is 34.0 Å². The lowest BCUT2D eigenvalue weighted by molar-refractivity contribution is 0.199. The summed E-state index contributed by atoms with van der Waals surface area (Å²) >= 11 is 5.61. The lowest BCUT2D eigenvalue weighted by Gasteiger charge is -2.12. The van der Waals surface area contributed by atoms with Crippen molar-refractivity contribution >= 4 is 11.6 Å². The van der Waals surface area contributed by atoms with Crippen LogP contribution in [0.1, 0.15) is 12.5 Å².